The van der Waals surface area contributed by atoms with Gasteiger partial charge in [-0.05, 0) is 13.5 Å². The molecule has 0 aliphatic rings. The Bertz CT molecular complexity index is 196. The van der Waals surface area contributed by atoms with Crippen molar-refractivity contribution in [2.45, 2.75) is 18.6 Å². The summed E-state index contributed by atoms with van der Waals surface area (Å²) >= 11 is 0. The van der Waals surface area contributed by atoms with E-state index < -0.39 is 24.8 Å². The highest BCUT2D eigenvalue weighted by Crippen LogP contribution is 2.14. The van der Waals surface area contributed by atoms with Gasteiger partial charge in [0.2, 0.25) is 0 Å². The molecule has 1 N–H and O–H groups in total. The number of alkyl halides is 3. The molecule has 0 aliphatic heterocycles. The van der Waals surface area contributed by atoms with Gasteiger partial charge in [0, 0.05) is 6.61 Å². The second-order valence-electron chi connectivity index (χ2n) is 2.82. The first-order chi connectivity index (χ1) is 6.90. The molecule has 0 rings (SSSR count). The van der Waals surface area contributed by atoms with Crippen LogP contribution in [-0.4, -0.2) is 45.6 Å². The second-order valence-corrected chi connectivity index (χ2v) is 2.82. The average molecular weight is 229 g/mol. The van der Waals surface area contributed by atoms with Gasteiger partial charge in [0.1, 0.15) is 12.6 Å². The fourth-order valence-electron chi connectivity index (χ4n) is 0.911. The minimum Gasteiger partial charge on any atom is -0.468 e. The Balaban J connectivity index is 3.69. The first-order valence-electron chi connectivity index (χ1n) is 4.30. The van der Waals surface area contributed by atoms with E-state index >= 15 is 0 Å². The van der Waals surface area contributed by atoms with E-state index in [1.165, 1.54) is 14.2 Å². The first-order valence-corrected chi connectivity index (χ1v) is 4.30. The van der Waals surface area contributed by atoms with Gasteiger partial charge in [-0.1, -0.05) is 0 Å². The maximum atomic E-state index is 11.7. The highest BCUT2D eigenvalue weighted by Gasteiger charge is 2.27. The van der Waals surface area contributed by atoms with E-state index in [0.717, 1.165) is 0 Å². The zero-order chi connectivity index (χ0) is 11.9. The number of hydrogen-bond acceptors (Lipinski definition) is 4. The third kappa shape index (κ3) is 7.15. The van der Waals surface area contributed by atoms with E-state index in [1.807, 2.05) is 0 Å². The van der Waals surface area contributed by atoms with Gasteiger partial charge in [-0.2, -0.15) is 13.2 Å². The van der Waals surface area contributed by atoms with Crippen LogP contribution in [0.3, 0.4) is 0 Å². The number of nitrogens with one attached hydrogen (secondary N) is 1. The molecule has 1 unspecified atom stereocenters. The first kappa shape index (κ1) is 14.2. The lowest BCUT2D eigenvalue weighted by Crippen LogP contribution is -2.36. The molecule has 0 radical (unpaired) electrons. The molecule has 0 bridgehead atoms. The van der Waals surface area contributed by atoms with Crippen molar-refractivity contribution in [1.29, 1.82) is 0 Å². The number of esters is 1. The molecule has 7 heteroatoms. The molecule has 1 atom stereocenters. The zero-order valence-corrected chi connectivity index (χ0v) is 8.56. The lowest BCUT2D eigenvalue weighted by molar-refractivity contribution is -0.174. The van der Waals surface area contributed by atoms with E-state index in [0.29, 0.717) is 0 Å². The monoisotopic (exact) mass is 229 g/mol. The van der Waals surface area contributed by atoms with Crippen LogP contribution in [0.2, 0.25) is 0 Å². The number of likely N-dealkylation sites (N-methyl/N-ethyl adjacent to an activating group) is 1. The third-order valence-corrected chi connectivity index (χ3v) is 1.65. The molecule has 15 heavy (non-hydrogen) atoms. The Hall–Kier alpha value is -0.820. The van der Waals surface area contributed by atoms with Gasteiger partial charge in [-0.3, -0.25) is 4.79 Å². The summed E-state index contributed by atoms with van der Waals surface area (Å²) in [5, 5.41) is 2.61. The predicted octanol–water partition coefficient (Wildman–Crippen LogP) is 0.716. The van der Waals surface area contributed by atoms with E-state index in [1.54, 1.807) is 0 Å². The van der Waals surface area contributed by atoms with Crippen molar-refractivity contribution in [3.05, 3.63) is 0 Å². The number of methoxy groups -OCH3 is 1. The summed E-state index contributed by atoms with van der Waals surface area (Å²) in [5.41, 5.74) is 0. The maximum absolute atomic E-state index is 11.7. The Kier molecular flexibility index (Phi) is 6.26. The summed E-state index contributed by atoms with van der Waals surface area (Å²) in [6, 6.07) is -0.636. The van der Waals surface area contributed by atoms with Gasteiger partial charge in [0.05, 0.1) is 7.11 Å². The van der Waals surface area contributed by atoms with Crippen molar-refractivity contribution in [2.75, 3.05) is 27.4 Å². The SMILES string of the molecule is CNC(CCOCC(F)(F)F)C(=O)OC. The third-order valence-electron chi connectivity index (χ3n) is 1.65. The van der Waals surface area contributed by atoms with Gasteiger partial charge in [0.15, 0.2) is 0 Å². The van der Waals surface area contributed by atoms with Crippen molar-refractivity contribution in [3.63, 3.8) is 0 Å². The largest absolute Gasteiger partial charge is 0.468 e. The lowest BCUT2D eigenvalue weighted by Gasteiger charge is -2.13. The summed E-state index contributed by atoms with van der Waals surface area (Å²) in [5.74, 6) is -0.520. The molecular weight excluding hydrogens is 215 g/mol. The van der Waals surface area contributed by atoms with Crippen molar-refractivity contribution in [3.8, 4) is 0 Å². The van der Waals surface area contributed by atoms with Crippen molar-refractivity contribution in [2.24, 2.45) is 0 Å². The highest BCUT2D eigenvalue weighted by atomic mass is 19.4. The average Bonchev–Trinajstić information content (AvgIpc) is 2.15. The van der Waals surface area contributed by atoms with Crippen LogP contribution in [0.15, 0.2) is 0 Å². The number of halogens is 3. The summed E-state index contributed by atoms with van der Waals surface area (Å²) in [6.07, 6.45) is -4.19. The van der Waals surface area contributed by atoms with Crippen LogP contribution in [0.5, 0.6) is 0 Å². The van der Waals surface area contributed by atoms with Crippen LogP contribution < -0.4 is 5.32 Å². The zero-order valence-electron chi connectivity index (χ0n) is 8.56. The van der Waals surface area contributed by atoms with Crippen LogP contribution >= 0.6 is 0 Å². The smallest absolute Gasteiger partial charge is 0.411 e. The summed E-state index contributed by atoms with van der Waals surface area (Å²) in [7, 11) is 2.73. The molecule has 0 heterocycles. The standard InChI is InChI=1S/C8H14F3NO3/c1-12-6(7(13)14-2)3-4-15-5-8(9,10)11/h6,12H,3-5H2,1-2H3. The van der Waals surface area contributed by atoms with Gasteiger partial charge in [-0.15, -0.1) is 0 Å². The van der Waals surface area contributed by atoms with Crippen LogP contribution in [-0.2, 0) is 14.3 Å². The molecule has 0 amide bonds. The Morgan fingerprint density at radius 3 is 2.47 bits per heavy atom. The second kappa shape index (κ2) is 6.62. The topological polar surface area (TPSA) is 47.6 Å². The molecule has 0 saturated carbocycles. The van der Waals surface area contributed by atoms with Crippen LogP contribution in [0, 0.1) is 0 Å². The van der Waals surface area contributed by atoms with Crippen molar-refractivity contribution >= 4 is 5.97 Å². The molecule has 0 aromatic carbocycles. The molecule has 0 aromatic heterocycles. The summed E-state index contributed by atoms with van der Waals surface area (Å²) in [4.78, 5) is 11.0. The number of ether oxygens (including phenoxy) is 2. The van der Waals surface area contributed by atoms with Crippen molar-refractivity contribution in [1.82, 2.24) is 5.32 Å². The lowest BCUT2D eigenvalue weighted by atomic mass is 10.2. The van der Waals surface area contributed by atoms with E-state index in [4.69, 9.17) is 0 Å². The normalized spacial score (nSPS) is 13.7. The minimum absolute atomic E-state index is 0.138. The van der Waals surface area contributed by atoms with Crippen LogP contribution in [0.4, 0.5) is 13.2 Å². The molecule has 0 fully saturated rings. The van der Waals surface area contributed by atoms with E-state index in [-0.39, 0.29) is 13.0 Å². The number of hydrogen-bond donors (Lipinski definition) is 1. The quantitative estimate of drug-likeness (QED) is 0.538. The molecular formula is C8H14F3NO3. The Morgan fingerprint density at radius 1 is 1.47 bits per heavy atom. The molecule has 0 spiro atoms. The fourth-order valence-corrected chi connectivity index (χ4v) is 0.911. The van der Waals surface area contributed by atoms with Gasteiger partial charge >= 0.3 is 12.1 Å². The Morgan fingerprint density at radius 2 is 2.07 bits per heavy atom. The molecule has 4 nitrogen and oxygen atoms in total. The van der Waals surface area contributed by atoms with Gasteiger partial charge in [0.25, 0.3) is 0 Å². The van der Waals surface area contributed by atoms with Gasteiger partial charge < -0.3 is 14.8 Å². The molecule has 0 saturated heterocycles. The summed E-state index contributed by atoms with van der Waals surface area (Å²) < 4.78 is 43.7. The maximum Gasteiger partial charge on any atom is 0.411 e. The fraction of sp³-hybridized carbons (Fsp3) is 0.875. The summed E-state index contributed by atoms with van der Waals surface area (Å²) in [6.45, 7) is -1.45. The Labute approximate surface area is 85.7 Å². The molecule has 0 aliphatic carbocycles. The molecule has 90 valence electrons. The van der Waals surface area contributed by atoms with E-state index in [9.17, 15) is 18.0 Å². The van der Waals surface area contributed by atoms with Crippen LogP contribution in [0.25, 0.3) is 0 Å². The minimum atomic E-state index is -4.33. The van der Waals surface area contributed by atoms with Crippen LogP contribution in [0.1, 0.15) is 6.42 Å². The number of carbonyl (C=O) groups excluding carboxylic acids is 1. The number of rotatable bonds is 6. The highest BCUT2D eigenvalue weighted by molar-refractivity contribution is 5.75. The van der Waals surface area contributed by atoms with E-state index in [2.05, 4.69) is 14.8 Å². The van der Waals surface area contributed by atoms with Gasteiger partial charge in [-0.25, -0.2) is 0 Å². The predicted molar refractivity (Wildman–Crippen MR) is 46.4 cm³/mol. The molecule has 0 aromatic rings. The number of carbonyl (C=O) groups is 1. The van der Waals surface area contributed by atoms with Crippen molar-refractivity contribution < 1.29 is 27.4 Å².